The summed E-state index contributed by atoms with van der Waals surface area (Å²) in [5.41, 5.74) is 2.24. The first-order valence-electron chi connectivity index (χ1n) is 6.09. The monoisotopic (exact) mass is 236 g/mol. The summed E-state index contributed by atoms with van der Waals surface area (Å²) in [6.07, 6.45) is 0.182. The largest absolute Gasteiger partial charge is 0.469 e. The topological polar surface area (TPSA) is 43.4 Å². The summed E-state index contributed by atoms with van der Waals surface area (Å²) in [7, 11) is 0. The quantitative estimate of drug-likeness (QED) is 0.844. The Bertz CT molecular complexity index is 376. The molecule has 1 saturated heterocycles. The van der Waals surface area contributed by atoms with E-state index in [1.165, 1.54) is 5.56 Å². The minimum absolute atomic E-state index is 0.182. The number of pyridine rings is 1. The summed E-state index contributed by atoms with van der Waals surface area (Å²) in [6, 6.07) is 4.49. The van der Waals surface area contributed by atoms with E-state index in [2.05, 4.69) is 30.2 Å². The first kappa shape index (κ1) is 12.3. The smallest absolute Gasteiger partial charge is 0.213 e. The molecule has 0 aromatic carbocycles. The van der Waals surface area contributed by atoms with E-state index in [9.17, 15) is 0 Å². The van der Waals surface area contributed by atoms with Crippen LogP contribution < -0.4 is 10.1 Å². The van der Waals surface area contributed by atoms with Crippen molar-refractivity contribution in [1.82, 2.24) is 10.3 Å². The number of rotatable bonds is 5. The Labute approximate surface area is 102 Å². The van der Waals surface area contributed by atoms with Gasteiger partial charge in [-0.15, -0.1) is 0 Å². The Kier molecular flexibility index (Phi) is 3.97. The van der Waals surface area contributed by atoms with Crippen molar-refractivity contribution >= 4 is 0 Å². The van der Waals surface area contributed by atoms with Crippen LogP contribution in [0.1, 0.15) is 25.1 Å². The van der Waals surface area contributed by atoms with Crippen LogP contribution in [0.15, 0.2) is 12.1 Å². The highest BCUT2D eigenvalue weighted by Crippen LogP contribution is 2.16. The van der Waals surface area contributed by atoms with Gasteiger partial charge in [0, 0.05) is 24.3 Å². The number of aryl methyl sites for hydroxylation is 1. The molecule has 1 aromatic heterocycles. The fourth-order valence-electron chi connectivity index (χ4n) is 1.59. The zero-order chi connectivity index (χ0) is 12.3. The Morgan fingerprint density at radius 3 is 2.76 bits per heavy atom. The number of aromatic nitrogens is 1. The number of nitrogens with one attached hydrogen (secondary N) is 1. The van der Waals surface area contributed by atoms with E-state index in [1.807, 2.05) is 13.0 Å². The van der Waals surface area contributed by atoms with Crippen molar-refractivity contribution in [3.8, 4) is 5.88 Å². The Hall–Kier alpha value is -1.13. The Balaban J connectivity index is 1.95. The van der Waals surface area contributed by atoms with Crippen LogP contribution in [0.4, 0.5) is 0 Å². The van der Waals surface area contributed by atoms with Gasteiger partial charge in [-0.1, -0.05) is 19.9 Å². The number of ether oxygens (including phenoxy) is 2. The minimum atomic E-state index is 0.182. The molecule has 2 rings (SSSR count). The highest BCUT2D eigenvalue weighted by molar-refractivity contribution is 5.25. The molecule has 0 radical (unpaired) electrons. The van der Waals surface area contributed by atoms with Crippen LogP contribution in [0.25, 0.3) is 0 Å². The Morgan fingerprint density at radius 2 is 2.24 bits per heavy atom. The molecule has 0 saturated carbocycles. The van der Waals surface area contributed by atoms with E-state index >= 15 is 0 Å². The van der Waals surface area contributed by atoms with Gasteiger partial charge in [0.25, 0.3) is 0 Å². The van der Waals surface area contributed by atoms with Gasteiger partial charge in [0.05, 0.1) is 13.2 Å². The normalized spacial score (nSPS) is 16.0. The van der Waals surface area contributed by atoms with Crippen LogP contribution >= 0.6 is 0 Å². The second kappa shape index (κ2) is 5.47. The number of nitrogens with zero attached hydrogens (tertiary/aromatic N) is 1. The molecule has 1 fully saturated rings. The molecule has 1 aliphatic heterocycles. The summed E-state index contributed by atoms with van der Waals surface area (Å²) in [6.45, 7) is 8.49. The van der Waals surface area contributed by atoms with Crippen molar-refractivity contribution in [3.63, 3.8) is 0 Å². The van der Waals surface area contributed by atoms with Gasteiger partial charge in [-0.25, -0.2) is 4.98 Å². The van der Waals surface area contributed by atoms with Crippen LogP contribution in [0.5, 0.6) is 5.88 Å². The minimum Gasteiger partial charge on any atom is -0.469 e. The van der Waals surface area contributed by atoms with Crippen molar-refractivity contribution < 1.29 is 9.47 Å². The van der Waals surface area contributed by atoms with E-state index < -0.39 is 0 Å². The lowest BCUT2D eigenvalue weighted by molar-refractivity contribution is -0.0813. The lowest BCUT2D eigenvalue weighted by Gasteiger charge is -2.26. The van der Waals surface area contributed by atoms with Gasteiger partial charge >= 0.3 is 0 Å². The fourth-order valence-corrected chi connectivity index (χ4v) is 1.59. The van der Waals surface area contributed by atoms with E-state index in [4.69, 9.17) is 9.47 Å². The third kappa shape index (κ3) is 3.41. The first-order chi connectivity index (χ1) is 8.15. The highest BCUT2D eigenvalue weighted by Gasteiger charge is 2.20. The molecular weight excluding hydrogens is 216 g/mol. The lowest BCUT2D eigenvalue weighted by atomic mass is 10.2. The average Bonchev–Trinajstić information content (AvgIpc) is 2.22. The lowest BCUT2D eigenvalue weighted by Crippen LogP contribution is -2.38. The molecular formula is C13H20N2O2. The molecule has 0 unspecified atom stereocenters. The predicted molar refractivity (Wildman–Crippen MR) is 66.2 cm³/mol. The van der Waals surface area contributed by atoms with Crippen molar-refractivity contribution in [2.75, 3.05) is 13.2 Å². The second-order valence-corrected chi connectivity index (χ2v) is 4.71. The zero-order valence-electron chi connectivity index (χ0n) is 10.7. The molecule has 17 heavy (non-hydrogen) atoms. The van der Waals surface area contributed by atoms with Crippen LogP contribution in [-0.2, 0) is 11.3 Å². The first-order valence-corrected chi connectivity index (χ1v) is 6.09. The molecule has 0 aliphatic carbocycles. The summed E-state index contributed by atoms with van der Waals surface area (Å²) in [4.78, 5) is 4.46. The molecule has 1 aliphatic rings. The number of hydrogen-bond donors (Lipinski definition) is 1. The van der Waals surface area contributed by atoms with Gasteiger partial charge < -0.3 is 14.8 Å². The maximum Gasteiger partial charge on any atom is 0.213 e. The Morgan fingerprint density at radius 1 is 1.47 bits per heavy atom. The maximum atomic E-state index is 5.66. The van der Waals surface area contributed by atoms with Crippen LogP contribution in [0.2, 0.25) is 0 Å². The van der Waals surface area contributed by atoms with E-state index in [0.29, 0.717) is 25.1 Å². The van der Waals surface area contributed by atoms with Crippen LogP contribution in [-0.4, -0.2) is 30.3 Å². The van der Waals surface area contributed by atoms with Crippen molar-refractivity contribution in [3.05, 3.63) is 23.4 Å². The summed E-state index contributed by atoms with van der Waals surface area (Å²) >= 11 is 0. The van der Waals surface area contributed by atoms with Gasteiger partial charge in [-0.05, 0) is 12.5 Å². The van der Waals surface area contributed by atoms with E-state index in [1.54, 1.807) is 0 Å². The summed E-state index contributed by atoms with van der Waals surface area (Å²) in [5, 5.41) is 3.38. The van der Waals surface area contributed by atoms with Gasteiger partial charge in [0.15, 0.2) is 0 Å². The average molecular weight is 236 g/mol. The van der Waals surface area contributed by atoms with Gasteiger partial charge in [0.2, 0.25) is 5.88 Å². The van der Waals surface area contributed by atoms with Gasteiger partial charge in [-0.3, -0.25) is 0 Å². The third-order valence-corrected chi connectivity index (χ3v) is 2.77. The van der Waals surface area contributed by atoms with Gasteiger partial charge in [0.1, 0.15) is 6.10 Å². The van der Waals surface area contributed by atoms with Gasteiger partial charge in [-0.2, -0.15) is 0 Å². The van der Waals surface area contributed by atoms with Crippen molar-refractivity contribution in [2.24, 2.45) is 0 Å². The van der Waals surface area contributed by atoms with Crippen LogP contribution in [0.3, 0.4) is 0 Å². The molecule has 1 aromatic rings. The molecule has 94 valence electrons. The maximum absolute atomic E-state index is 5.66. The SMILES string of the molecule is Cc1nc(OC2COC2)ccc1CNC(C)C. The second-order valence-electron chi connectivity index (χ2n) is 4.71. The zero-order valence-corrected chi connectivity index (χ0v) is 10.7. The van der Waals surface area contributed by atoms with Crippen LogP contribution in [0, 0.1) is 6.92 Å². The molecule has 0 amide bonds. The highest BCUT2D eigenvalue weighted by atomic mass is 16.6. The predicted octanol–water partition coefficient (Wildman–Crippen LogP) is 1.67. The van der Waals surface area contributed by atoms with Crippen molar-refractivity contribution in [2.45, 2.75) is 39.5 Å². The third-order valence-electron chi connectivity index (χ3n) is 2.77. The van der Waals surface area contributed by atoms with E-state index in [0.717, 1.165) is 12.2 Å². The fraction of sp³-hybridized carbons (Fsp3) is 0.615. The summed E-state index contributed by atoms with van der Waals surface area (Å²) in [5.74, 6) is 0.698. The molecule has 4 nitrogen and oxygen atoms in total. The molecule has 1 N–H and O–H groups in total. The van der Waals surface area contributed by atoms with E-state index in [-0.39, 0.29) is 6.10 Å². The standard InChI is InChI=1S/C13H20N2O2/c1-9(2)14-6-11-4-5-13(15-10(11)3)17-12-7-16-8-12/h4-5,9,12,14H,6-8H2,1-3H3. The molecule has 0 bridgehead atoms. The molecule has 4 heteroatoms. The van der Waals surface area contributed by atoms with Crippen molar-refractivity contribution in [1.29, 1.82) is 0 Å². The molecule has 0 atom stereocenters. The summed E-state index contributed by atoms with van der Waals surface area (Å²) < 4.78 is 10.7. The molecule has 2 heterocycles. The molecule has 0 spiro atoms. The number of hydrogen-bond acceptors (Lipinski definition) is 4.